The van der Waals surface area contributed by atoms with Crippen LogP contribution in [-0.2, 0) is 10.0 Å². The molecule has 0 aliphatic rings. The number of hydrogen-bond donors (Lipinski definition) is 2. The number of carbonyl (C=O) groups is 1. The van der Waals surface area contributed by atoms with Crippen LogP contribution in [0, 0.1) is 34.6 Å². The average molecular weight is 374 g/mol. The summed E-state index contributed by atoms with van der Waals surface area (Å²) in [6, 6.07) is 4.37. The maximum Gasteiger partial charge on any atom is 0.335 e. The molecule has 2 N–H and O–H groups in total. The molecule has 0 saturated heterocycles. The summed E-state index contributed by atoms with van der Waals surface area (Å²) < 4.78 is 80.0. The predicted octanol–water partition coefficient (Wildman–Crippen LogP) is 2.61. The Hall–Kier alpha value is -3.13. The van der Waals surface area contributed by atoms with Crippen LogP contribution in [0.25, 0.3) is 0 Å². The Bertz CT molecular complexity index is 986. The fourth-order valence-corrected chi connectivity index (χ4v) is 2.85. The number of benzene rings is 2. The molecule has 2 aromatic carbocycles. The molecule has 25 heavy (non-hydrogen) atoms. The Morgan fingerprint density at radius 2 is 1.48 bits per heavy atom. The first kappa shape index (κ1) is 18.2. The van der Waals surface area contributed by atoms with Crippen molar-refractivity contribution >= 4 is 21.7 Å². The molecular weight excluding hydrogens is 368 g/mol. The van der Waals surface area contributed by atoms with Crippen LogP contribution in [0.3, 0.4) is 0 Å². The van der Waals surface area contributed by atoms with Crippen LogP contribution >= 0.6 is 0 Å². The van der Waals surface area contributed by atoms with Crippen LogP contribution in [0.4, 0.5) is 23.2 Å². The van der Waals surface area contributed by atoms with Gasteiger partial charge in [0.1, 0.15) is 17.3 Å². The van der Waals surface area contributed by atoms with Crippen molar-refractivity contribution in [2.24, 2.45) is 0 Å². The van der Waals surface area contributed by atoms with Crippen LogP contribution in [0.15, 0.2) is 29.2 Å². The van der Waals surface area contributed by atoms with E-state index < -0.39 is 55.4 Å². The lowest BCUT2D eigenvalue weighted by Crippen LogP contribution is -2.17. The second kappa shape index (κ2) is 6.40. The summed E-state index contributed by atoms with van der Waals surface area (Å²) in [6.45, 7) is 0. The van der Waals surface area contributed by atoms with E-state index in [9.17, 15) is 30.8 Å². The lowest BCUT2D eigenvalue weighted by molar-refractivity contribution is 0.0696. The highest BCUT2D eigenvalue weighted by Gasteiger charge is 2.28. The molecule has 11 heteroatoms. The smallest absolute Gasteiger partial charge is 0.335 e. The van der Waals surface area contributed by atoms with Gasteiger partial charge in [-0.15, -0.1) is 0 Å². The normalized spacial score (nSPS) is 11.0. The van der Waals surface area contributed by atoms with Gasteiger partial charge in [0.05, 0.1) is 10.5 Å². The zero-order chi connectivity index (χ0) is 18.9. The summed E-state index contributed by atoms with van der Waals surface area (Å²) in [5.74, 6) is -9.65. The number of aromatic carboxylic acids is 1. The highest BCUT2D eigenvalue weighted by molar-refractivity contribution is 7.92. The Balaban J connectivity index is 2.52. The summed E-state index contributed by atoms with van der Waals surface area (Å²) in [5.41, 5.74) is -3.44. The highest BCUT2D eigenvalue weighted by Crippen LogP contribution is 2.29. The van der Waals surface area contributed by atoms with Crippen molar-refractivity contribution in [2.45, 2.75) is 4.90 Å². The molecule has 0 aliphatic heterocycles. The van der Waals surface area contributed by atoms with Crippen molar-refractivity contribution in [3.63, 3.8) is 0 Å². The minimum Gasteiger partial charge on any atom is -0.478 e. The number of anilines is 1. The van der Waals surface area contributed by atoms with Gasteiger partial charge in [-0.1, -0.05) is 0 Å². The van der Waals surface area contributed by atoms with Crippen LogP contribution in [-0.4, -0.2) is 19.5 Å². The number of hydrogen-bond acceptors (Lipinski definition) is 4. The summed E-state index contributed by atoms with van der Waals surface area (Å²) in [5, 5.41) is 17.2. The van der Waals surface area contributed by atoms with E-state index in [0.717, 1.165) is 30.3 Å². The molecule has 2 rings (SSSR count). The number of halogens is 4. The van der Waals surface area contributed by atoms with E-state index in [-0.39, 0.29) is 5.56 Å². The molecule has 0 fully saturated rings. The summed E-state index contributed by atoms with van der Waals surface area (Å²) in [4.78, 5) is 10.1. The van der Waals surface area contributed by atoms with E-state index in [1.165, 1.54) is 4.72 Å². The molecule has 130 valence electrons. The first-order chi connectivity index (χ1) is 11.6. The van der Waals surface area contributed by atoms with Gasteiger partial charge in [-0.05, 0) is 24.3 Å². The van der Waals surface area contributed by atoms with Gasteiger partial charge in [-0.2, -0.15) is 5.26 Å². The summed E-state index contributed by atoms with van der Waals surface area (Å²) in [6.07, 6.45) is 0. The van der Waals surface area contributed by atoms with Crippen molar-refractivity contribution < 1.29 is 35.9 Å². The standard InChI is InChI=1S/C14H6F4N2O4S/c15-9-8(5-19)10(16)12(18)13(11(9)17)20-25(23,24)7-3-1-6(2-4-7)14(21)22/h1-4,20H,(H,21,22). The van der Waals surface area contributed by atoms with E-state index in [0.29, 0.717) is 0 Å². The van der Waals surface area contributed by atoms with E-state index in [2.05, 4.69) is 0 Å². The minimum absolute atomic E-state index is 0.258. The van der Waals surface area contributed by atoms with E-state index in [1.807, 2.05) is 0 Å². The SMILES string of the molecule is N#Cc1c(F)c(F)c(NS(=O)(=O)c2ccc(C(=O)O)cc2)c(F)c1F. The van der Waals surface area contributed by atoms with Crippen LogP contribution < -0.4 is 4.72 Å². The minimum atomic E-state index is -4.69. The zero-order valence-electron chi connectivity index (χ0n) is 11.8. The van der Waals surface area contributed by atoms with Gasteiger partial charge in [0.15, 0.2) is 23.3 Å². The quantitative estimate of drug-likeness (QED) is 0.632. The number of nitrogens with one attached hydrogen (secondary N) is 1. The zero-order valence-corrected chi connectivity index (χ0v) is 12.7. The molecule has 0 heterocycles. The molecular formula is C14H6F4N2O4S. The molecule has 0 aliphatic carbocycles. The maximum absolute atomic E-state index is 13.8. The molecule has 0 radical (unpaired) electrons. The predicted molar refractivity (Wildman–Crippen MR) is 75.2 cm³/mol. The molecule has 0 amide bonds. The van der Waals surface area contributed by atoms with Gasteiger partial charge in [-0.3, -0.25) is 4.72 Å². The topological polar surface area (TPSA) is 107 Å². The number of carboxylic acids is 1. The van der Waals surface area contributed by atoms with Crippen LogP contribution in [0.5, 0.6) is 0 Å². The molecule has 0 spiro atoms. The first-order valence-electron chi connectivity index (χ1n) is 6.22. The van der Waals surface area contributed by atoms with Crippen molar-refractivity contribution in [3.8, 4) is 6.07 Å². The molecule has 0 aromatic heterocycles. The van der Waals surface area contributed by atoms with Crippen molar-refractivity contribution in [2.75, 3.05) is 4.72 Å². The van der Waals surface area contributed by atoms with Crippen LogP contribution in [0.1, 0.15) is 15.9 Å². The van der Waals surface area contributed by atoms with Crippen molar-refractivity contribution in [1.82, 2.24) is 0 Å². The lowest BCUT2D eigenvalue weighted by atomic mass is 10.1. The third kappa shape index (κ3) is 3.24. The van der Waals surface area contributed by atoms with Gasteiger partial charge < -0.3 is 5.11 Å². The van der Waals surface area contributed by atoms with Gasteiger partial charge >= 0.3 is 5.97 Å². The first-order valence-corrected chi connectivity index (χ1v) is 7.70. The Labute approximate surface area is 138 Å². The fourth-order valence-electron chi connectivity index (χ4n) is 1.79. The van der Waals surface area contributed by atoms with Gasteiger partial charge in [-0.25, -0.2) is 30.8 Å². The Kier molecular flexibility index (Phi) is 4.67. The van der Waals surface area contributed by atoms with Crippen molar-refractivity contribution in [1.29, 1.82) is 5.26 Å². The summed E-state index contributed by atoms with van der Waals surface area (Å²) >= 11 is 0. The number of sulfonamides is 1. The highest BCUT2D eigenvalue weighted by atomic mass is 32.2. The van der Waals surface area contributed by atoms with Gasteiger partial charge in [0, 0.05) is 0 Å². The van der Waals surface area contributed by atoms with E-state index in [1.54, 1.807) is 0 Å². The van der Waals surface area contributed by atoms with Gasteiger partial charge in [0.2, 0.25) is 0 Å². The second-order valence-corrected chi connectivity index (χ2v) is 6.24. The summed E-state index contributed by atoms with van der Waals surface area (Å²) in [7, 11) is -4.69. The average Bonchev–Trinajstić information content (AvgIpc) is 2.57. The Morgan fingerprint density at radius 1 is 1.00 bits per heavy atom. The Morgan fingerprint density at radius 3 is 1.88 bits per heavy atom. The molecule has 0 unspecified atom stereocenters. The fraction of sp³-hybridized carbons (Fsp3) is 0. The molecule has 0 atom stereocenters. The van der Waals surface area contributed by atoms with Gasteiger partial charge in [0.25, 0.3) is 10.0 Å². The molecule has 6 nitrogen and oxygen atoms in total. The van der Waals surface area contributed by atoms with E-state index in [4.69, 9.17) is 10.4 Å². The molecule has 2 aromatic rings. The van der Waals surface area contributed by atoms with Crippen molar-refractivity contribution in [3.05, 3.63) is 58.7 Å². The number of nitriles is 1. The maximum atomic E-state index is 13.8. The second-order valence-electron chi connectivity index (χ2n) is 4.55. The third-order valence-corrected chi connectivity index (χ3v) is 4.39. The van der Waals surface area contributed by atoms with Crippen LogP contribution in [0.2, 0.25) is 0 Å². The number of nitrogens with zero attached hydrogens (tertiary/aromatic N) is 1. The number of carboxylic acid groups (broad SMARTS) is 1. The monoisotopic (exact) mass is 374 g/mol. The third-order valence-electron chi connectivity index (χ3n) is 3.02. The largest absolute Gasteiger partial charge is 0.478 e. The van der Waals surface area contributed by atoms with E-state index >= 15 is 0 Å². The number of rotatable bonds is 4. The molecule has 0 bridgehead atoms. The molecule has 0 saturated carbocycles. The lowest BCUT2D eigenvalue weighted by Gasteiger charge is -2.12.